The van der Waals surface area contributed by atoms with Gasteiger partial charge in [-0.2, -0.15) is 4.31 Å². The van der Waals surface area contributed by atoms with Crippen LogP contribution < -0.4 is 15.4 Å². The zero-order chi connectivity index (χ0) is 33.2. The van der Waals surface area contributed by atoms with E-state index in [1.807, 2.05) is 44.3 Å². The van der Waals surface area contributed by atoms with Gasteiger partial charge in [-0.25, -0.2) is 13.2 Å². The molecule has 12 heteroatoms. The number of aromatic amines is 1. The van der Waals surface area contributed by atoms with Gasteiger partial charge in [0.05, 0.1) is 18.6 Å². The molecule has 0 radical (unpaired) electrons. The predicted molar refractivity (Wildman–Crippen MR) is 175 cm³/mol. The summed E-state index contributed by atoms with van der Waals surface area (Å²) in [7, 11) is -2.36. The second-order valence-electron chi connectivity index (χ2n) is 12.5. The van der Waals surface area contributed by atoms with Crippen LogP contribution in [0.15, 0.2) is 59.6 Å². The normalized spacial score (nSPS) is 13.5. The topological polar surface area (TPSA) is 150 Å². The molecule has 0 fully saturated rings. The number of ether oxygens (including phenoxy) is 2. The highest BCUT2D eigenvalue weighted by molar-refractivity contribution is 7.89. The third-order valence-electron chi connectivity index (χ3n) is 7.20. The predicted octanol–water partition coefficient (Wildman–Crippen LogP) is 4.61. The molecule has 0 aliphatic rings. The van der Waals surface area contributed by atoms with Crippen LogP contribution in [0.3, 0.4) is 0 Å². The van der Waals surface area contributed by atoms with Crippen molar-refractivity contribution in [3.05, 3.63) is 60.3 Å². The molecule has 11 nitrogen and oxygen atoms in total. The van der Waals surface area contributed by atoms with Crippen LogP contribution in [-0.4, -0.2) is 79.3 Å². The Kier molecular flexibility index (Phi) is 12.8. The molecule has 1 heterocycles. The van der Waals surface area contributed by atoms with Crippen molar-refractivity contribution < 1.29 is 32.6 Å². The van der Waals surface area contributed by atoms with Crippen LogP contribution in [0.1, 0.15) is 59.4 Å². The number of aliphatic hydroxyl groups excluding tert-OH is 1. The fraction of sp³-hybridized carbons (Fsp3) is 0.515. The lowest BCUT2D eigenvalue weighted by Gasteiger charge is -2.31. The molecule has 1 aromatic heterocycles. The molecule has 45 heavy (non-hydrogen) atoms. The zero-order valence-corrected chi connectivity index (χ0v) is 27.9. The molecule has 0 bridgehead atoms. The van der Waals surface area contributed by atoms with Crippen LogP contribution in [0.2, 0.25) is 0 Å². The largest absolute Gasteiger partial charge is 0.497 e. The average molecular weight is 645 g/mol. The number of hydrogen-bond donors (Lipinski definition) is 4. The maximum absolute atomic E-state index is 13.6. The number of aliphatic hydroxyl groups is 1. The standard InChI is InChI=1S/C33H48N4O7S/c1-23(2)21-37(45(41,42)27-16-14-26(43-6)15-17-27)25(22-38)11-9-10-18-34-31(39)30(36-32(40)44-33(3,4)5)19-24-20-35-29-13-8-7-12-28(24)29/h7-8,12-17,20,23,25,30,35,38H,9-11,18-19,21-22H2,1-6H3,(H,34,39)(H,36,40)/t25-,30-/m0/s1. The van der Waals surface area contributed by atoms with Gasteiger partial charge in [-0.3, -0.25) is 4.79 Å². The number of alkyl carbamates (subject to hydrolysis) is 1. The monoisotopic (exact) mass is 644 g/mol. The Morgan fingerprint density at radius 1 is 1.04 bits per heavy atom. The molecule has 4 N–H and O–H groups in total. The van der Waals surface area contributed by atoms with Crippen LogP contribution in [-0.2, 0) is 26.0 Å². The molecular formula is C33H48N4O7S. The van der Waals surface area contributed by atoms with E-state index in [-0.39, 0.29) is 36.3 Å². The Hall–Kier alpha value is -3.61. The molecule has 0 saturated heterocycles. The fourth-order valence-corrected chi connectivity index (χ4v) is 6.84. The number of methoxy groups -OCH3 is 1. The van der Waals surface area contributed by atoms with Gasteiger partial charge in [0.1, 0.15) is 17.4 Å². The Labute approximate surface area is 266 Å². The summed E-state index contributed by atoms with van der Waals surface area (Å²) in [5.41, 5.74) is 1.10. The number of carbonyl (C=O) groups is 2. The number of carbonyl (C=O) groups excluding carboxylic acids is 2. The van der Waals surface area contributed by atoms with Gasteiger partial charge in [0.15, 0.2) is 0 Å². The van der Waals surface area contributed by atoms with Crippen LogP contribution in [0, 0.1) is 5.92 Å². The molecule has 0 aliphatic heterocycles. The lowest BCUT2D eigenvalue weighted by molar-refractivity contribution is -0.123. The number of para-hydroxylation sites is 1. The first-order valence-corrected chi connectivity index (χ1v) is 16.8. The first-order valence-electron chi connectivity index (χ1n) is 15.3. The summed E-state index contributed by atoms with van der Waals surface area (Å²) in [5.74, 6) is 0.237. The van der Waals surface area contributed by atoms with Crippen LogP contribution in [0.4, 0.5) is 4.79 Å². The molecule has 0 aliphatic carbocycles. The van der Waals surface area contributed by atoms with Crippen LogP contribution in [0.5, 0.6) is 5.75 Å². The van der Waals surface area contributed by atoms with E-state index in [2.05, 4.69) is 15.6 Å². The minimum Gasteiger partial charge on any atom is -0.497 e. The molecule has 0 saturated carbocycles. The van der Waals surface area contributed by atoms with Gasteiger partial charge in [-0.05, 0) is 75.4 Å². The lowest BCUT2D eigenvalue weighted by Crippen LogP contribution is -2.49. The van der Waals surface area contributed by atoms with Crippen molar-refractivity contribution in [2.75, 3.05) is 26.8 Å². The van der Waals surface area contributed by atoms with E-state index in [9.17, 15) is 23.1 Å². The van der Waals surface area contributed by atoms with Gasteiger partial charge in [-0.1, -0.05) is 38.5 Å². The molecule has 2 aromatic carbocycles. The van der Waals surface area contributed by atoms with E-state index in [0.29, 0.717) is 31.6 Å². The number of amides is 2. The highest BCUT2D eigenvalue weighted by atomic mass is 32.2. The van der Waals surface area contributed by atoms with Gasteiger partial charge >= 0.3 is 6.09 Å². The van der Waals surface area contributed by atoms with E-state index in [0.717, 1.165) is 16.5 Å². The Morgan fingerprint density at radius 3 is 2.36 bits per heavy atom. The summed E-state index contributed by atoms with van der Waals surface area (Å²) < 4.78 is 39.1. The van der Waals surface area contributed by atoms with Crippen molar-refractivity contribution >= 4 is 32.9 Å². The molecule has 0 unspecified atom stereocenters. The smallest absolute Gasteiger partial charge is 0.408 e. The number of nitrogens with one attached hydrogen (secondary N) is 3. The first kappa shape index (κ1) is 35.9. The molecule has 2 atom stereocenters. The first-order chi connectivity index (χ1) is 21.2. The summed E-state index contributed by atoms with van der Waals surface area (Å²) in [6.07, 6.45) is 2.92. The summed E-state index contributed by atoms with van der Waals surface area (Å²) in [5, 5.41) is 16.8. The van der Waals surface area contributed by atoms with Crippen molar-refractivity contribution in [3.8, 4) is 5.75 Å². The number of rotatable bonds is 16. The number of H-pyrrole nitrogens is 1. The van der Waals surface area contributed by atoms with E-state index >= 15 is 0 Å². The molecule has 2 amide bonds. The molecule has 3 rings (SSSR count). The summed E-state index contributed by atoms with van der Waals surface area (Å²) >= 11 is 0. The molecular weight excluding hydrogens is 596 g/mol. The van der Waals surface area contributed by atoms with E-state index in [1.54, 1.807) is 32.9 Å². The number of aromatic nitrogens is 1. The highest BCUT2D eigenvalue weighted by Gasteiger charge is 2.32. The van der Waals surface area contributed by atoms with Gasteiger partial charge in [0.2, 0.25) is 15.9 Å². The second-order valence-corrected chi connectivity index (χ2v) is 14.4. The number of fused-ring (bicyclic) bond motifs is 1. The average Bonchev–Trinajstić information content (AvgIpc) is 3.39. The van der Waals surface area contributed by atoms with E-state index in [4.69, 9.17) is 9.47 Å². The summed E-state index contributed by atoms with van der Waals surface area (Å²) in [6.45, 7) is 9.36. The number of nitrogens with zero attached hydrogens (tertiary/aromatic N) is 1. The van der Waals surface area contributed by atoms with Crippen LogP contribution in [0.25, 0.3) is 10.9 Å². The van der Waals surface area contributed by atoms with Crippen molar-refractivity contribution in [1.82, 2.24) is 19.9 Å². The fourth-order valence-electron chi connectivity index (χ4n) is 5.03. The maximum atomic E-state index is 13.6. The number of benzene rings is 2. The molecule has 248 valence electrons. The SMILES string of the molecule is COc1ccc(S(=O)(=O)N(CC(C)C)[C@H](CO)CCCCNC(=O)[C@H](Cc2c[nH]c3ccccc23)NC(=O)OC(C)(C)C)cc1. The third kappa shape index (κ3) is 10.5. The van der Waals surface area contributed by atoms with Crippen molar-refractivity contribution in [1.29, 1.82) is 0 Å². The number of unbranched alkanes of at least 4 members (excludes halogenated alkanes) is 1. The summed E-state index contributed by atoms with van der Waals surface area (Å²) in [6, 6.07) is 12.4. The minimum atomic E-state index is -3.87. The van der Waals surface area contributed by atoms with Gasteiger partial charge in [0, 0.05) is 42.7 Å². The minimum absolute atomic E-state index is 0.0397. The number of hydrogen-bond acceptors (Lipinski definition) is 7. The van der Waals surface area contributed by atoms with Crippen molar-refractivity contribution in [2.24, 2.45) is 5.92 Å². The Balaban J connectivity index is 1.63. The molecule has 3 aromatic rings. The Morgan fingerprint density at radius 2 is 1.73 bits per heavy atom. The van der Waals surface area contributed by atoms with E-state index in [1.165, 1.54) is 23.5 Å². The quantitative estimate of drug-likeness (QED) is 0.166. The van der Waals surface area contributed by atoms with Gasteiger partial charge in [-0.15, -0.1) is 0 Å². The zero-order valence-electron chi connectivity index (χ0n) is 27.1. The number of sulfonamides is 1. The van der Waals surface area contributed by atoms with Crippen LogP contribution >= 0.6 is 0 Å². The maximum Gasteiger partial charge on any atom is 0.408 e. The van der Waals surface area contributed by atoms with E-state index < -0.39 is 33.8 Å². The molecule has 0 spiro atoms. The summed E-state index contributed by atoms with van der Waals surface area (Å²) in [4.78, 5) is 29.2. The van der Waals surface area contributed by atoms with Gasteiger partial charge < -0.3 is 30.2 Å². The third-order valence-corrected chi connectivity index (χ3v) is 9.13. The van der Waals surface area contributed by atoms with Crippen molar-refractivity contribution in [2.45, 2.75) is 82.9 Å². The highest BCUT2D eigenvalue weighted by Crippen LogP contribution is 2.24. The van der Waals surface area contributed by atoms with Crippen molar-refractivity contribution in [3.63, 3.8) is 0 Å². The lowest BCUT2D eigenvalue weighted by atomic mass is 10.0. The second kappa shape index (κ2) is 16.1. The Bertz CT molecular complexity index is 1500. The van der Waals surface area contributed by atoms with Gasteiger partial charge in [0.25, 0.3) is 0 Å².